The third kappa shape index (κ3) is 6.81. The minimum Gasteiger partial charge on any atom is -0.483 e. The van der Waals surface area contributed by atoms with E-state index in [1.165, 1.54) is 5.56 Å². The zero-order chi connectivity index (χ0) is 20.6. The third-order valence-corrected chi connectivity index (χ3v) is 4.87. The topological polar surface area (TPSA) is 62.8 Å². The van der Waals surface area contributed by atoms with Gasteiger partial charge in [0.05, 0.1) is 13.2 Å². The number of amides is 1. The molecular formula is C22H27N3O3S. The van der Waals surface area contributed by atoms with Crippen LogP contribution in [0.5, 0.6) is 5.75 Å². The van der Waals surface area contributed by atoms with Crippen LogP contribution in [-0.2, 0) is 16.1 Å². The summed E-state index contributed by atoms with van der Waals surface area (Å²) in [7, 11) is 0. The predicted octanol–water partition coefficient (Wildman–Crippen LogP) is 3.03. The van der Waals surface area contributed by atoms with Gasteiger partial charge in [-0.05, 0) is 55.4 Å². The van der Waals surface area contributed by atoms with Gasteiger partial charge in [0.15, 0.2) is 11.7 Å². The molecule has 0 saturated carbocycles. The van der Waals surface area contributed by atoms with Crippen LogP contribution < -0.4 is 15.4 Å². The molecule has 0 unspecified atom stereocenters. The van der Waals surface area contributed by atoms with E-state index in [1.54, 1.807) is 0 Å². The second kappa shape index (κ2) is 10.3. The Labute approximate surface area is 177 Å². The van der Waals surface area contributed by atoms with Crippen LogP contribution in [0.2, 0.25) is 0 Å². The van der Waals surface area contributed by atoms with E-state index in [9.17, 15) is 4.79 Å². The molecule has 2 aromatic carbocycles. The number of nitrogens with one attached hydrogen (secondary N) is 2. The zero-order valence-corrected chi connectivity index (χ0v) is 17.7. The van der Waals surface area contributed by atoms with Gasteiger partial charge in [-0.25, -0.2) is 0 Å². The molecule has 1 aliphatic heterocycles. The molecule has 2 aromatic rings. The molecule has 0 aromatic heterocycles. The Balaban J connectivity index is 1.42. The fraction of sp³-hybridized carbons (Fsp3) is 0.364. The largest absolute Gasteiger partial charge is 0.483 e. The Hall–Kier alpha value is -2.48. The third-order valence-electron chi connectivity index (χ3n) is 4.66. The van der Waals surface area contributed by atoms with Gasteiger partial charge in [-0.15, -0.1) is 0 Å². The number of anilines is 1. The maximum Gasteiger partial charge on any atom is 0.264 e. The lowest BCUT2D eigenvalue weighted by atomic mass is 10.1. The van der Waals surface area contributed by atoms with E-state index in [4.69, 9.17) is 21.7 Å². The average molecular weight is 414 g/mol. The van der Waals surface area contributed by atoms with E-state index in [0.29, 0.717) is 5.75 Å². The summed E-state index contributed by atoms with van der Waals surface area (Å²) in [5.74, 6) is 0.395. The van der Waals surface area contributed by atoms with Crippen molar-refractivity contribution in [3.8, 4) is 5.75 Å². The second-order valence-electron chi connectivity index (χ2n) is 7.15. The summed E-state index contributed by atoms with van der Waals surface area (Å²) in [6.07, 6.45) is 0. The monoisotopic (exact) mass is 413 g/mol. The standard InChI is InChI=1S/C22H27N3O3S/c1-16-3-8-20(17(2)13-16)28-15-21(26)24-22(29)23-19-6-4-18(5-7-19)14-25-9-11-27-12-10-25/h3-8,13H,9-12,14-15H2,1-2H3,(H2,23,24,26,29). The zero-order valence-electron chi connectivity index (χ0n) is 16.9. The summed E-state index contributed by atoms with van der Waals surface area (Å²) in [6.45, 7) is 8.28. The van der Waals surface area contributed by atoms with Crippen molar-refractivity contribution in [2.24, 2.45) is 0 Å². The molecule has 1 fully saturated rings. The highest BCUT2D eigenvalue weighted by molar-refractivity contribution is 7.80. The molecule has 1 aliphatic rings. The number of hydrogen-bond acceptors (Lipinski definition) is 5. The fourth-order valence-electron chi connectivity index (χ4n) is 3.14. The first-order valence-corrected chi connectivity index (χ1v) is 10.1. The molecular weight excluding hydrogens is 386 g/mol. The number of thiocarbonyl (C=S) groups is 1. The number of rotatable bonds is 6. The van der Waals surface area contributed by atoms with Gasteiger partial charge in [0.1, 0.15) is 5.75 Å². The SMILES string of the molecule is Cc1ccc(OCC(=O)NC(=S)Nc2ccc(CN3CCOCC3)cc2)c(C)c1. The van der Waals surface area contributed by atoms with Crippen LogP contribution in [0.4, 0.5) is 5.69 Å². The minimum absolute atomic E-state index is 0.0930. The number of benzene rings is 2. The van der Waals surface area contributed by atoms with Crippen LogP contribution in [0.15, 0.2) is 42.5 Å². The Morgan fingerprint density at radius 2 is 1.86 bits per heavy atom. The molecule has 2 N–H and O–H groups in total. The Bertz CT molecular complexity index is 849. The van der Waals surface area contributed by atoms with Gasteiger partial charge in [0.25, 0.3) is 5.91 Å². The van der Waals surface area contributed by atoms with Crippen LogP contribution in [0.25, 0.3) is 0 Å². The predicted molar refractivity (Wildman–Crippen MR) is 118 cm³/mol. The number of hydrogen-bond donors (Lipinski definition) is 2. The number of nitrogens with zero attached hydrogens (tertiary/aromatic N) is 1. The average Bonchev–Trinajstić information content (AvgIpc) is 2.69. The summed E-state index contributed by atoms with van der Waals surface area (Å²) in [6, 6.07) is 13.9. The van der Waals surface area contributed by atoms with Gasteiger partial charge in [0, 0.05) is 25.3 Å². The van der Waals surface area contributed by atoms with E-state index >= 15 is 0 Å². The summed E-state index contributed by atoms with van der Waals surface area (Å²) >= 11 is 5.23. The Morgan fingerprint density at radius 1 is 1.14 bits per heavy atom. The second-order valence-corrected chi connectivity index (χ2v) is 7.55. The molecule has 7 heteroatoms. The number of carbonyl (C=O) groups is 1. The van der Waals surface area contributed by atoms with Gasteiger partial charge >= 0.3 is 0 Å². The van der Waals surface area contributed by atoms with Gasteiger partial charge in [-0.2, -0.15) is 0 Å². The summed E-state index contributed by atoms with van der Waals surface area (Å²) in [4.78, 5) is 14.5. The lowest BCUT2D eigenvalue weighted by molar-refractivity contribution is -0.121. The van der Waals surface area contributed by atoms with Gasteiger partial charge < -0.3 is 14.8 Å². The number of aryl methyl sites for hydroxylation is 2. The molecule has 0 spiro atoms. The van der Waals surface area contributed by atoms with E-state index in [0.717, 1.165) is 49.7 Å². The molecule has 0 bridgehead atoms. The van der Waals surface area contributed by atoms with Crippen LogP contribution in [0.1, 0.15) is 16.7 Å². The number of carbonyl (C=O) groups excluding carboxylic acids is 1. The smallest absolute Gasteiger partial charge is 0.264 e. The molecule has 1 heterocycles. The molecule has 1 saturated heterocycles. The quantitative estimate of drug-likeness (QED) is 0.710. The lowest BCUT2D eigenvalue weighted by Gasteiger charge is -2.26. The highest BCUT2D eigenvalue weighted by atomic mass is 32.1. The van der Waals surface area contributed by atoms with Crippen molar-refractivity contribution in [2.75, 3.05) is 38.2 Å². The summed E-state index contributed by atoms with van der Waals surface area (Å²) < 4.78 is 11.0. The highest BCUT2D eigenvalue weighted by Crippen LogP contribution is 2.18. The number of morpholine rings is 1. The highest BCUT2D eigenvalue weighted by Gasteiger charge is 2.11. The molecule has 6 nitrogen and oxygen atoms in total. The van der Waals surface area contributed by atoms with Gasteiger partial charge in [-0.1, -0.05) is 29.8 Å². The number of ether oxygens (including phenoxy) is 2. The Morgan fingerprint density at radius 3 is 2.55 bits per heavy atom. The van der Waals surface area contributed by atoms with E-state index < -0.39 is 0 Å². The van der Waals surface area contributed by atoms with E-state index in [1.807, 2.05) is 44.2 Å². The molecule has 0 aliphatic carbocycles. The van der Waals surface area contributed by atoms with Crippen molar-refractivity contribution in [3.05, 3.63) is 59.2 Å². The first kappa shape index (κ1) is 21.2. The maximum absolute atomic E-state index is 12.1. The van der Waals surface area contributed by atoms with Gasteiger partial charge in [0.2, 0.25) is 0 Å². The molecule has 0 atom stereocenters. The summed E-state index contributed by atoms with van der Waals surface area (Å²) in [5.41, 5.74) is 4.21. The summed E-state index contributed by atoms with van der Waals surface area (Å²) in [5, 5.41) is 5.93. The van der Waals surface area contributed by atoms with E-state index in [2.05, 4.69) is 27.7 Å². The first-order chi connectivity index (χ1) is 14.0. The Kier molecular flexibility index (Phi) is 7.57. The fourth-order valence-corrected chi connectivity index (χ4v) is 3.37. The first-order valence-electron chi connectivity index (χ1n) is 9.69. The van der Waals surface area contributed by atoms with Crippen LogP contribution in [-0.4, -0.2) is 48.8 Å². The molecule has 29 heavy (non-hydrogen) atoms. The van der Waals surface area contributed by atoms with Crippen molar-refractivity contribution in [2.45, 2.75) is 20.4 Å². The van der Waals surface area contributed by atoms with E-state index in [-0.39, 0.29) is 17.6 Å². The van der Waals surface area contributed by atoms with Crippen molar-refractivity contribution < 1.29 is 14.3 Å². The van der Waals surface area contributed by atoms with Crippen molar-refractivity contribution >= 4 is 28.9 Å². The van der Waals surface area contributed by atoms with Crippen LogP contribution >= 0.6 is 12.2 Å². The lowest BCUT2D eigenvalue weighted by Crippen LogP contribution is -2.37. The van der Waals surface area contributed by atoms with Crippen molar-refractivity contribution in [3.63, 3.8) is 0 Å². The molecule has 1 amide bonds. The van der Waals surface area contributed by atoms with Crippen LogP contribution in [0.3, 0.4) is 0 Å². The van der Waals surface area contributed by atoms with Crippen molar-refractivity contribution in [1.29, 1.82) is 0 Å². The normalized spacial score (nSPS) is 14.3. The minimum atomic E-state index is -0.300. The molecule has 154 valence electrons. The van der Waals surface area contributed by atoms with Crippen LogP contribution in [0, 0.1) is 13.8 Å². The molecule has 3 rings (SSSR count). The van der Waals surface area contributed by atoms with Gasteiger partial charge in [-0.3, -0.25) is 15.0 Å². The maximum atomic E-state index is 12.1. The molecule has 0 radical (unpaired) electrons. The van der Waals surface area contributed by atoms with Crippen molar-refractivity contribution in [1.82, 2.24) is 10.2 Å².